The van der Waals surface area contributed by atoms with E-state index in [2.05, 4.69) is 38.3 Å². The Morgan fingerprint density at radius 1 is 1.23 bits per heavy atom. The summed E-state index contributed by atoms with van der Waals surface area (Å²) in [4.78, 5) is 23.7. The van der Waals surface area contributed by atoms with Gasteiger partial charge in [0.25, 0.3) is 5.91 Å². The average Bonchev–Trinajstić information content (AvgIpc) is 3.32. The number of carbonyl (C=O) groups excluding carboxylic acids is 1. The first kappa shape index (κ1) is 25.1. The van der Waals surface area contributed by atoms with Crippen LogP contribution in [0.2, 0.25) is 0 Å². The van der Waals surface area contributed by atoms with Gasteiger partial charge in [0.05, 0.1) is 30.4 Å². The molecule has 1 N–H and O–H groups in total. The molecule has 11 heteroatoms. The number of rotatable bonds is 8. The normalized spacial score (nSPS) is 16.9. The quantitative estimate of drug-likeness (QED) is 0.427. The van der Waals surface area contributed by atoms with Gasteiger partial charge in [0, 0.05) is 37.1 Å². The number of nitrogens with one attached hydrogen (secondary N) is 1. The van der Waals surface area contributed by atoms with Gasteiger partial charge in [-0.05, 0) is 30.5 Å². The minimum Gasteiger partial charge on any atom is -0.368 e. The van der Waals surface area contributed by atoms with Crippen LogP contribution in [0.3, 0.4) is 0 Å². The molecule has 184 valence electrons. The predicted octanol–water partition coefficient (Wildman–Crippen LogP) is 2.63. The van der Waals surface area contributed by atoms with E-state index >= 15 is 0 Å². The summed E-state index contributed by atoms with van der Waals surface area (Å²) in [7, 11) is -3.18. The van der Waals surface area contributed by atoms with Crippen LogP contribution < -0.4 is 10.2 Å². The van der Waals surface area contributed by atoms with Crippen molar-refractivity contribution in [2.24, 2.45) is 0 Å². The Morgan fingerprint density at radius 2 is 2.00 bits per heavy atom. The number of terminal acetylenes is 1. The largest absolute Gasteiger partial charge is 0.368 e. The third kappa shape index (κ3) is 6.35. The van der Waals surface area contributed by atoms with Crippen molar-refractivity contribution in [1.29, 1.82) is 0 Å². The zero-order valence-electron chi connectivity index (χ0n) is 19.4. The van der Waals surface area contributed by atoms with E-state index < -0.39 is 10.0 Å². The van der Waals surface area contributed by atoms with Crippen LogP contribution in [0, 0.1) is 12.3 Å². The molecule has 0 radical (unpaired) electrons. The number of hydrogen-bond donors (Lipinski definition) is 1. The molecule has 9 nitrogen and oxygen atoms in total. The first-order valence-electron chi connectivity index (χ1n) is 11.2. The highest BCUT2D eigenvalue weighted by molar-refractivity contribution is 7.88. The second-order valence-corrected chi connectivity index (χ2v) is 11.0. The minimum atomic E-state index is -3.18. The lowest BCUT2D eigenvalue weighted by Gasteiger charge is -2.34. The van der Waals surface area contributed by atoms with Crippen molar-refractivity contribution in [1.82, 2.24) is 14.3 Å². The van der Waals surface area contributed by atoms with E-state index in [-0.39, 0.29) is 18.2 Å². The zero-order valence-corrected chi connectivity index (χ0v) is 21.1. The number of piperazine rings is 1. The van der Waals surface area contributed by atoms with Gasteiger partial charge in [0.2, 0.25) is 10.0 Å². The standard InChI is InChI=1S/C24H27N5O4S2/c1-3-14-33-16-18-6-4-5-7-20(18)22-17-34-24(26-22)27-23(30)21-9-8-19(15-25-21)28-10-12-29(13-11-28)35(2,31)32/h1,6-9,15,17H,4-5,10-14,16H2,2H3,(H,26,27,30). The van der Waals surface area contributed by atoms with Gasteiger partial charge in [0.1, 0.15) is 12.3 Å². The molecule has 0 atom stereocenters. The van der Waals surface area contributed by atoms with Gasteiger partial charge >= 0.3 is 0 Å². The van der Waals surface area contributed by atoms with Crippen molar-refractivity contribution in [3.05, 3.63) is 52.8 Å². The molecular formula is C24H27N5O4S2. The van der Waals surface area contributed by atoms with Gasteiger partial charge in [-0.2, -0.15) is 4.31 Å². The van der Waals surface area contributed by atoms with E-state index in [4.69, 9.17) is 11.2 Å². The van der Waals surface area contributed by atoms with Crippen LogP contribution in [0.15, 0.2) is 41.4 Å². The van der Waals surface area contributed by atoms with Crippen LogP contribution in [0.5, 0.6) is 0 Å². The first-order chi connectivity index (χ1) is 16.8. The fraction of sp³-hybridized carbons (Fsp3) is 0.375. The molecule has 0 spiro atoms. The van der Waals surface area contributed by atoms with Crippen molar-refractivity contribution in [3.63, 3.8) is 0 Å². The Hall–Kier alpha value is -3.04. The topological polar surface area (TPSA) is 105 Å². The van der Waals surface area contributed by atoms with Crippen LogP contribution in [0.4, 0.5) is 10.8 Å². The number of pyridine rings is 1. The fourth-order valence-corrected chi connectivity index (χ4v) is 5.49. The molecule has 1 fully saturated rings. The van der Waals surface area contributed by atoms with E-state index in [1.165, 1.54) is 21.9 Å². The third-order valence-electron chi connectivity index (χ3n) is 5.75. The lowest BCUT2D eigenvalue weighted by Crippen LogP contribution is -2.48. The van der Waals surface area contributed by atoms with Gasteiger partial charge in [-0.15, -0.1) is 17.8 Å². The summed E-state index contributed by atoms with van der Waals surface area (Å²) in [6, 6.07) is 3.49. The Morgan fingerprint density at radius 3 is 2.69 bits per heavy atom. The fourth-order valence-electron chi connectivity index (χ4n) is 3.95. The first-order valence-corrected chi connectivity index (χ1v) is 13.9. The summed E-state index contributed by atoms with van der Waals surface area (Å²) >= 11 is 1.35. The smallest absolute Gasteiger partial charge is 0.276 e. The molecule has 1 aliphatic heterocycles. The Bertz CT molecular complexity index is 1270. The molecule has 2 aromatic heterocycles. The van der Waals surface area contributed by atoms with Crippen molar-refractivity contribution in [2.75, 3.05) is 55.9 Å². The van der Waals surface area contributed by atoms with Gasteiger partial charge < -0.3 is 9.64 Å². The lowest BCUT2D eigenvalue weighted by molar-refractivity contribution is 0.102. The number of hydrogen-bond acceptors (Lipinski definition) is 8. The van der Waals surface area contributed by atoms with Crippen molar-refractivity contribution in [2.45, 2.75) is 12.8 Å². The number of aromatic nitrogens is 2. The highest BCUT2D eigenvalue weighted by atomic mass is 32.2. The third-order valence-corrected chi connectivity index (χ3v) is 7.81. The van der Waals surface area contributed by atoms with Gasteiger partial charge in [-0.25, -0.2) is 18.4 Å². The molecule has 0 saturated carbocycles. The molecule has 0 bridgehead atoms. The van der Waals surface area contributed by atoms with E-state index in [1.54, 1.807) is 12.3 Å². The maximum Gasteiger partial charge on any atom is 0.276 e. The van der Waals surface area contributed by atoms with Gasteiger partial charge in [0.15, 0.2) is 5.13 Å². The monoisotopic (exact) mass is 513 g/mol. The number of thiazole rings is 1. The Balaban J connectivity index is 1.36. The van der Waals surface area contributed by atoms with Crippen molar-refractivity contribution in [3.8, 4) is 12.3 Å². The second kappa shape index (κ2) is 11.1. The van der Waals surface area contributed by atoms with E-state index in [9.17, 15) is 13.2 Å². The van der Waals surface area contributed by atoms with Gasteiger partial charge in [-0.1, -0.05) is 18.1 Å². The number of allylic oxidation sites excluding steroid dienone is 2. The van der Waals surface area contributed by atoms with E-state index in [0.717, 1.165) is 35.4 Å². The van der Waals surface area contributed by atoms with Crippen molar-refractivity contribution >= 4 is 43.7 Å². The summed E-state index contributed by atoms with van der Waals surface area (Å²) in [5.41, 5.74) is 3.96. The summed E-state index contributed by atoms with van der Waals surface area (Å²) in [5, 5.41) is 5.22. The molecule has 35 heavy (non-hydrogen) atoms. The maximum atomic E-state index is 12.7. The average molecular weight is 514 g/mol. The maximum absolute atomic E-state index is 12.7. The highest BCUT2D eigenvalue weighted by Crippen LogP contribution is 2.31. The predicted molar refractivity (Wildman–Crippen MR) is 138 cm³/mol. The number of carbonyl (C=O) groups is 1. The van der Waals surface area contributed by atoms with E-state index in [1.807, 2.05) is 11.4 Å². The SMILES string of the molecule is C#CCOCC1=CCCC=C1c1csc(NC(=O)c2ccc(N3CCN(S(C)(=O)=O)CC3)cn2)n1. The lowest BCUT2D eigenvalue weighted by atomic mass is 9.96. The van der Waals surface area contributed by atoms with E-state index in [0.29, 0.717) is 37.9 Å². The molecule has 3 heterocycles. The molecule has 1 amide bonds. The summed E-state index contributed by atoms with van der Waals surface area (Å²) in [6.07, 6.45) is 14.3. The molecule has 2 aromatic rings. The number of ether oxygens (including phenoxy) is 1. The van der Waals surface area contributed by atoms with Crippen LogP contribution >= 0.6 is 11.3 Å². The number of nitrogens with zero attached hydrogens (tertiary/aromatic N) is 4. The van der Waals surface area contributed by atoms with Crippen LogP contribution in [0.25, 0.3) is 5.57 Å². The molecule has 4 rings (SSSR count). The van der Waals surface area contributed by atoms with Crippen LogP contribution in [0.1, 0.15) is 29.0 Å². The molecule has 0 unspecified atom stereocenters. The molecule has 1 saturated heterocycles. The number of amides is 1. The summed E-state index contributed by atoms with van der Waals surface area (Å²) in [5.74, 6) is 2.13. The molecular weight excluding hydrogens is 486 g/mol. The van der Waals surface area contributed by atoms with Crippen LogP contribution in [-0.2, 0) is 14.8 Å². The Labute approximate surface area is 209 Å². The Kier molecular flexibility index (Phi) is 7.97. The number of anilines is 2. The van der Waals surface area contributed by atoms with Crippen LogP contribution in [-0.4, -0.2) is 74.2 Å². The van der Waals surface area contributed by atoms with Crippen molar-refractivity contribution < 1.29 is 17.9 Å². The van der Waals surface area contributed by atoms with Gasteiger partial charge in [-0.3, -0.25) is 10.1 Å². The summed E-state index contributed by atoms with van der Waals surface area (Å²) < 4.78 is 30.3. The number of sulfonamides is 1. The molecule has 1 aliphatic carbocycles. The summed E-state index contributed by atoms with van der Waals surface area (Å²) in [6.45, 7) is 2.68. The second-order valence-electron chi connectivity index (χ2n) is 8.16. The molecule has 0 aromatic carbocycles. The minimum absolute atomic E-state index is 0.256. The highest BCUT2D eigenvalue weighted by Gasteiger charge is 2.24. The zero-order chi connectivity index (χ0) is 24.8. The molecule has 2 aliphatic rings.